The Morgan fingerprint density at radius 1 is 1.38 bits per heavy atom. The molecule has 0 radical (unpaired) electrons. The highest BCUT2D eigenvalue weighted by Gasteiger charge is 2.14. The van der Waals surface area contributed by atoms with Crippen LogP contribution in [0.5, 0.6) is 5.75 Å². The minimum atomic E-state index is -0.0372. The van der Waals surface area contributed by atoms with Gasteiger partial charge >= 0.3 is 0 Å². The van der Waals surface area contributed by atoms with Crippen LogP contribution in [0.25, 0.3) is 0 Å². The third kappa shape index (κ3) is 3.48. The van der Waals surface area contributed by atoms with Crippen LogP contribution in [0.2, 0.25) is 5.02 Å². The van der Waals surface area contributed by atoms with Gasteiger partial charge in [0, 0.05) is 18.3 Å². The van der Waals surface area contributed by atoms with Gasteiger partial charge in [0.1, 0.15) is 5.75 Å². The van der Waals surface area contributed by atoms with Gasteiger partial charge in [0.25, 0.3) is 0 Å². The fourth-order valence-corrected chi connectivity index (χ4v) is 2.39. The number of ether oxygens (including phenoxy) is 1. The van der Waals surface area contributed by atoms with Gasteiger partial charge in [0.05, 0.1) is 5.69 Å². The fourth-order valence-electron chi connectivity index (χ4n) is 2.21. The van der Waals surface area contributed by atoms with Gasteiger partial charge in [-0.1, -0.05) is 25.4 Å². The molecule has 3 nitrogen and oxygen atoms in total. The molecule has 0 aliphatic rings. The topological polar surface area (TPSA) is 31.2 Å². The molecule has 2 rings (SSSR count). The van der Waals surface area contributed by atoms with E-state index in [2.05, 4.69) is 13.8 Å². The number of aryl methyl sites for hydroxylation is 2. The third-order valence-corrected chi connectivity index (χ3v) is 3.91. The van der Waals surface area contributed by atoms with Crippen LogP contribution in [0.3, 0.4) is 0 Å². The smallest absolute Gasteiger partial charge is 0.216 e. The van der Waals surface area contributed by atoms with Gasteiger partial charge in [-0.25, -0.2) is 0 Å². The second kappa shape index (κ2) is 6.35. The Bertz CT molecular complexity index is 659. The summed E-state index contributed by atoms with van der Waals surface area (Å²) in [6, 6.07) is 7.46. The molecule has 1 aromatic heterocycles. The molecule has 1 heterocycles. The summed E-state index contributed by atoms with van der Waals surface area (Å²) in [4.78, 5) is 12.2. The summed E-state index contributed by atoms with van der Waals surface area (Å²) >= 11 is 6.17. The van der Waals surface area contributed by atoms with Crippen LogP contribution < -0.4 is 4.74 Å². The number of nitrogens with zero attached hydrogens (tertiary/aromatic N) is 1. The van der Waals surface area contributed by atoms with Gasteiger partial charge < -0.3 is 9.30 Å². The lowest BCUT2D eigenvalue weighted by Gasteiger charge is -2.15. The Morgan fingerprint density at radius 2 is 2.10 bits per heavy atom. The number of Topliss-reactive ketones (excluding diaryl/α,β-unsaturated/α-hetero) is 1. The third-order valence-electron chi connectivity index (χ3n) is 3.50. The van der Waals surface area contributed by atoms with E-state index in [0.29, 0.717) is 5.69 Å². The molecule has 0 fully saturated rings. The van der Waals surface area contributed by atoms with Gasteiger partial charge in [-0.05, 0) is 48.2 Å². The molecule has 0 aliphatic heterocycles. The Labute approximate surface area is 130 Å². The molecule has 1 aromatic carbocycles. The van der Waals surface area contributed by atoms with Crippen molar-refractivity contribution in [2.75, 3.05) is 6.61 Å². The van der Waals surface area contributed by atoms with E-state index >= 15 is 0 Å². The summed E-state index contributed by atoms with van der Waals surface area (Å²) in [5.41, 5.74) is 2.61. The van der Waals surface area contributed by atoms with Crippen molar-refractivity contribution < 1.29 is 9.53 Å². The second-order valence-electron chi connectivity index (χ2n) is 5.51. The number of ketones is 1. The first-order valence-electron chi connectivity index (χ1n) is 6.97. The van der Waals surface area contributed by atoms with Gasteiger partial charge in [0.15, 0.2) is 6.61 Å². The number of rotatable bonds is 5. The first-order chi connectivity index (χ1) is 9.90. The van der Waals surface area contributed by atoms with Crippen molar-refractivity contribution in [1.82, 2.24) is 4.57 Å². The summed E-state index contributed by atoms with van der Waals surface area (Å²) in [5, 5.41) is 0.722. The zero-order chi connectivity index (χ0) is 15.6. The Balaban J connectivity index is 2.18. The quantitative estimate of drug-likeness (QED) is 0.768. The molecular weight excluding hydrogens is 286 g/mol. The maximum absolute atomic E-state index is 12.2. The van der Waals surface area contributed by atoms with Crippen LogP contribution in [0.1, 0.15) is 41.4 Å². The number of aromatic nitrogens is 1. The van der Waals surface area contributed by atoms with Crippen LogP contribution in [0, 0.1) is 6.92 Å². The van der Waals surface area contributed by atoms with Gasteiger partial charge in [-0.15, -0.1) is 0 Å². The molecule has 4 heteroatoms. The second-order valence-corrected chi connectivity index (χ2v) is 5.92. The van der Waals surface area contributed by atoms with Crippen LogP contribution in [0.4, 0.5) is 0 Å². The predicted octanol–water partition coefficient (Wildman–Crippen LogP) is 4.37. The molecular formula is C17H20ClNO2. The fraction of sp³-hybridized carbons (Fsp3) is 0.353. The van der Waals surface area contributed by atoms with Crippen molar-refractivity contribution in [2.45, 2.75) is 26.7 Å². The molecule has 2 aromatic rings. The highest BCUT2D eigenvalue weighted by Crippen LogP contribution is 2.32. The Morgan fingerprint density at radius 3 is 2.67 bits per heavy atom. The molecule has 0 saturated carbocycles. The lowest BCUT2D eigenvalue weighted by molar-refractivity contribution is 0.0912. The van der Waals surface area contributed by atoms with E-state index in [4.69, 9.17) is 16.3 Å². The monoisotopic (exact) mass is 305 g/mol. The lowest BCUT2D eigenvalue weighted by atomic mass is 10.0. The number of hydrogen-bond donors (Lipinski definition) is 0. The minimum Gasteiger partial charge on any atom is -0.485 e. The molecule has 21 heavy (non-hydrogen) atoms. The molecule has 0 N–H and O–H groups in total. The summed E-state index contributed by atoms with van der Waals surface area (Å²) in [7, 11) is 1.85. The number of benzene rings is 1. The SMILES string of the molecule is Cc1cc(OCC(=O)c2cccn2C)c(C(C)C)cc1Cl. The molecule has 112 valence electrons. The standard InChI is InChI=1S/C17H20ClNO2/c1-11(2)13-9-14(18)12(3)8-17(13)21-10-16(20)15-6-5-7-19(15)4/h5-9,11H,10H2,1-4H3. The highest BCUT2D eigenvalue weighted by atomic mass is 35.5. The van der Waals surface area contributed by atoms with E-state index in [0.717, 1.165) is 21.9 Å². The predicted molar refractivity (Wildman–Crippen MR) is 85.5 cm³/mol. The van der Waals surface area contributed by atoms with Gasteiger partial charge in [0.2, 0.25) is 5.78 Å². The molecule has 0 amide bonds. The maximum Gasteiger partial charge on any atom is 0.216 e. The van der Waals surface area contributed by atoms with E-state index in [-0.39, 0.29) is 18.3 Å². The summed E-state index contributed by atoms with van der Waals surface area (Å²) in [6.45, 7) is 6.11. The molecule has 0 aliphatic carbocycles. The average Bonchev–Trinajstić information content (AvgIpc) is 2.85. The van der Waals surface area contributed by atoms with Gasteiger partial charge in [-0.2, -0.15) is 0 Å². The first-order valence-corrected chi connectivity index (χ1v) is 7.35. The minimum absolute atomic E-state index is 0.0264. The number of halogens is 1. The van der Waals surface area contributed by atoms with Crippen molar-refractivity contribution in [3.8, 4) is 5.75 Å². The van der Waals surface area contributed by atoms with E-state index < -0.39 is 0 Å². The van der Waals surface area contributed by atoms with Crippen molar-refractivity contribution >= 4 is 17.4 Å². The average molecular weight is 306 g/mol. The molecule has 0 bridgehead atoms. The van der Waals surface area contributed by atoms with Crippen molar-refractivity contribution in [3.05, 3.63) is 52.3 Å². The molecule has 0 unspecified atom stereocenters. The highest BCUT2D eigenvalue weighted by molar-refractivity contribution is 6.31. The number of carbonyl (C=O) groups is 1. The Hall–Kier alpha value is -1.74. The normalized spacial score (nSPS) is 11.0. The van der Waals surface area contributed by atoms with Crippen molar-refractivity contribution in [1.29, 1.82) is 0 Å². The molecule has 0 atom stereocenters. The first kappa shape index (κ1) is 15.6. The van der Waals surface area contributed by atoms with Crippen molar-refractivity contribution in [2.24, 2.45) is 7.05 Å². The summed E-state index contributed by atoms with van der Waals surface area (Å²) in [5.74, 6) is 0.975. The van der Waals surface area contributed by atoms with Crippen LogP contribution in [-0.4, -0.2) is 17.0 Å². The number of carbonyl (C=O) groups excluding carboxylic acids is 1. The molecule has 0 spiro atoms. The van der Waals surface area contributed by atoms with E-state index in [1.807, 2.05) is 38.4 Å². The zero-order valence-corrected chi connectivity index (χ0v) is 13.6. The van der Waals surface area contributed by atoms with Crippen molar-refractivity contribution in [3.63, 3.8) is 0 Å². The molecule has 0 saturated heterocycles. The zero-order valence-electron chi connectivity index (χ0n) is 12.8. The van der Waals surface area contributed by atoms with Crippen LogP contribution in [-0.2, 0) is 7.05 Å². The number of hydrogen-bond acceptors (Lipinski definition) is 2. The lowest BCUT2D eigenvalue weighted by Crippen LogP contribution is -2.15. The van der Waals surface area contributed by atoms with E-state index in [1.165, 1.54) is 0 Å². The van der Waals surface area contributed by atoms with E-state index in [9.17, 15) is 4.79 Å². The summed E-state index contributed by atoms with van der Waals surface area (Å²) in [6.07, 6.45) is 1.85. The summed E-state index contributed by atoms with van der Waals surface area (Å²) < 4.78 is 7.55. The Kier molecular flexibility index (Phi) is 4.73. The van der Waals surface area contributed by atoms with Crippen LogP contribution >= 0.6 is 11.6 Å². The van der Waals surface area contributed by atoms with E-state index in [1.54, 1.807) is 10.6 Å². The largest absolute Gasteiger partial charge is 0.485 e. The maximum atomic E-state index is 12.2. The van der Waals surface area contributed by atoms with Crippen LogP contribution in [0.15, 0.2) is 30.5 Å². The van der Waals surface area contributed by atoms with Gasteiger partial charge in [-0.3, -0.25) is 4.79 Å².